The minimum Gasteiger partial charge on any atom is -0.481 e. The maximum Gasteiger partial charge on any atom is 0.306 e. The summed E-state index contributed by atoms with van der Waals surface area (Å²) in [4.78, 5) is 14.0. The molecule has 64 valence electrons. The lowest BCUT2D eigenvalue weighted by Gasteiger charge is -2.06. The van der Waals surface area contributed by atoms with Crippen LogP contribution in [0.4, 0.5) is 0 Å². The molecule has 0 bridgehead atoms. The first-order valence-corrected chi connectivity index (χ1v) is 3.50. The van der Waals surface area contributed by atoms with Gasteiger partial charge in [-0.25, -0.2) is 0 Å². The number of aromatic nitrogens is 1. The number of rotatable bonds is 3. The van der Waals surface area contributed by atoms with E-state index in [0.717, 1.165) is 0 Å². The summed E-state index contributed by atoms with van der Waals surface area (Å²) < 4.78 is 0. The van der Waals surface area contributed by atoms with E-state index in [1.54, 1.807) is 12.1 Å². The molecule has 0 saturated carbocycles. The molecular formula is C8H9NO3. The highest BCUT2D eigenvalue weighted by Gasteiger charge is 2.10. The molecule has 4 heteroatoms. The van der Waals surface area contributed by atoms with E-state index in [0.29, 0.717) is 5.56 Å². The molecule has 0 unspecified atom stereocenters. The van der Waals surface area contributed by atoms with Crippen LogP contribution in [-0.4, -0.2) is 21.2 Å². The van der Waals surface area contributed by atoms with Crippen LogP contribution < -0.4 is 0 Å². The summed E-state index contributed by atoms with van der Waals surface area (Å²) in [5.74, 6) is -1.01. The first-order chi connectivity index (χ1) is 5.70. The molecule has 0 aromatic carbocycles. The van der Waals surface area contributed by atoms with Gasteiger partial charge in [-0.1, -0.05) is 0 Å². The average molecular weight is 167 g/mol. The molecule has 0 radical (unpaired) electrons. The average Bonchev–Trinajstić information content (AvgIpc) is 2.05. The third-order valence-corrected chi connectivity index (χ3v) is 1.46. The van der Waals surface area contributed by atoms with Crippen molar-refractivity contribution in [2.24, 2.45) is 0 Å². The molecule has 0 saturated heterocycles. The van der Waals surface area contributed by atoms with Crippen molar-refractivity contribution < 1.29 is 15.0 Å². The van der Waals surface area contributed by atoms with E-state index >= 15 is 0 Å². The normalized spacial score (nSPS) is 12.4. The lowest BCUT2D eigenvalue weighted by atomic mass is 10.1. The van der Waals surface area contributed by atoms with Crippen molar-refractivity contribution in [1.82, 2.24) is 4.98 Å². The smallest absolute Gasteiger partial charge is 0.306 e. The molecule has 1 aromatic heterocycles. The summed E-state index contributed by atoms with van der Waals surface area (Å²) in [6.45, 7) is 0. The van der Waals surface area contributed by atoms with Crippen LogP contribution in [0.1, 0.15) is 18.1 Å². The Balaban J connectivity index is 2.65. The van der Waals surface area contributed by atoms with Crippen molar-refractivity contribution in [3.63, 3.8) is 0 Å². The number of hydrogen-bond acceptors (Lipinski definition) is 3. The number of pyridine rings is 1. The van der Waals surface area contributed by atoms with Gasteiger partial charge in [-0.3, -0.25) is 9.78 Å². The lowest BCUT2D eigenvalue weighted by molar-refractivity contribution is -0.139. The van der Waals surface area contributed by atoms with Crippen LogP contribution in [0.3, 0.4) is 0 Å². The molecule has 0 aliphatic rings. The van der Waals surface area contributed by atoms with Gasteiger partial charge in [0.2, 0.25) is 0 Å². The van der Waals surface area contributed by atoms with Gasteiger partial charge < -0.3 is 10.2 Å². The number of aliphatic hydroxyl groups is 1. The number of carboxylic acids is 1. The summed E-state index contributed by atoms with van der Waals surface area (Å²) in [5.41, 5.74) is 0.576. The third kappa shape index (κ3) is 2.32. The Morgan fingerprint density at radius 2 is 2.08 bits per heavy atom. The fraction of sp³-hybridized carbons (Fsp3) is 0.250. The summed E-state index contributed by atoms with van der Waals surface area (Å²) in [7, 11) is 0. The van der Waals surface area contributed by atoms with Crippen molar-refractivity contribution in [3.8, 4) is 0 Å². The Bertz CT molecular complexity index is 260. The van der Waals surface area contributed by atoms with Gasteiger partial charge in [-0.05, 0) is 17.7 Å². The molecule has 4 nitrogen and oxygen atoms in total. The molecule has 2 N–H and O–H groups in total. The largest absolute Gasteiger partial charge is 0.481 e. The SMILES string of the molecule is O=C(O)C[C@H](O)c1ccncc1. The number of aliphatic carboxylic acids is 1. The fourth-order valence-corrected chi connectivity index (χ4v) is 0.869. The quantitative estimate of drug-likeness (QED) is 0.691. The van der Waals surface area contributed by atoms with Crippen LogP contribution in [0, 0.1) is 0 Å². The van der Waals surface area contributed by atoms with Crippen LogP contribution in [-0.2, 0) is 4.79 Å². The molecule has 0 aliphatic heterocycles. The van der Waals surface area contributed by atoms with E-state index in [-0.39, 0.29) is 6.42 Å². The topological polar surface area (TPSA) is 70.4 Å². The van der Waals surface area contributed by atoms with Gasteiger partial charge in [0, 0.05) is 12.4 Å². The molecule has 0 fully saturated rings. The maximum atomic E-state index is 10.2. The van der Waals surface area contributed by atoms with Crippen molar-refractivity contribution >= 4 is 5.97 Å². The molecule has 0 aliphatic carbocycles. The van der Waals surface area contributed by atoms with Crippen LogP contribution in [0.5, 0.6) is 0 Å². The molecule has 0 amide bonds. The van der Waals surface area contributed by atoms with Crippen molar-refractivity contribution in [2.45, 2.75) is 12.5 Å². The summed E-state index contributed by atoms with van der Waals surface area (Å²) >= 11 is 0. The van der Waals surface area contributed by atoms with Gasteiger partial charge in [0.15, 0.2) is 0 Å². The predicted molar refractivity (Wildman–Crippen MR) is 41.4 cm³/mol. The van der Waals surface area contributed by atoms with E-state index in [9.17, 15) is 9.90 Å². The second-order valence-electron chi connectivity index (χ2n) is 2.39. The Hall–Kier alpha value is -1.42. The number of carboxylic acid groups (broad SMARTS) is 1. The number of nitrogens with zero attached hydrogens (tertiary/aromatic N) is 1. The highest BCUT2D eigenvalue weighted by molar-refractivity contribution is 5.67. The zero-order chi connectivity index (χ0) is 8.97. The van der Waals surface area contributed by atoms with Crippen LogP contribution in [0.15, 0.2) is 24.5 Å². The van der Waals surface area contributed by atoms with Crippen molar-refractivity contribution in [3.05, 3.63) is 30.1 Å². The van der Waals surface area contributed by atoms with Gasteiger partial charge in [0.05, 0.1) is 12.5 Å². The maximum absolute atomic E-state index is 10.2. The monoisotopic (exact) mass is 167 g/mol. The number of aliphatic hydroxyl groups excluding tert-OH is 1. The summed E-state index contributed by atoms with van der Waals surface area (Å²) in [5, 5.41) is 17.7. The standard InChI is InChI=1S/C8H9NO3/c10-7(5-8(11)12)6-1-3-9-4-2-6/h1-4,7,10H,5H2,(H,11,12)/t7-/m0/s1. The van der Waals surface area contributed by atoms with Gasteiger partial charge >= 0.3 is 5.97 Å². The summed E-state index contributed by atoms with van der Waals surface area (Å²) in [6, 6.07) is 3.18. The van der Waals surface area contributed by atoms with Gasteiger partial charge in [-0.15, -0.1) is 0 Å². The first kappa shape index (κ1) is 8.67. The molecule has 1 rings (SSSR count). The zero-order valence-electron chi connectivity index (χ0n) is 6.34. The van der Waals surface area contributed by atoms with Crippen molar-refractivity contribution in [2.75, 3.05) is 0 Å². The van der Waals surface area contributed by atoms with Gasteiger partial charge in [0.1, 0.15) is 0 Å². The molecule has 1 atom stereocenters. The Labute approximate surface area is 69.5 Å². The van der Waals surface area contributed by atoms with Crippen LogP contribution in [0.25, 0.3) is 0 Å². The Morgan fingerprint density at radius 3 is 2.58 bits per heavy atom. The molecule has 1 aromatic rings. The zero-order valence-corrected chi connectivity index (χ0v) is 6.34. The van der Waals surface area contributed by atoms with Gasteiger partial charge in [0.25, 0.3) is 0 Å². The molecule has 12 heavy (non-hydrogen) atoms. The summed E-state index contributed by atoms with van der Waals surface area (Å²) in [6.07, 6.45) is 1.82. The second-order valence-corrected chi connectivity index (χ2v) is 2.39. The third-order valence-electron chi connectivity index (χ3n) is 1.46. The highest BCUT2D eigenvalue weighted by Crippen LogP contribution is 2.14. The van der Waals surface area contributed by atoms with Crippen LogP contribution in [0.2, 0.25) is 0 Å². The molecule has 1 heterocycles. The fourth-order valence-electron chi connectivity index (χ4n) is 0.869. The lowest BCUT2D eigenvalue weighted by Crippen LogP contribution is -2.05. The first-order valence-electron chi connectivity index (χ1n) is 3.50. The Kier molecular flexibility index (Phi) is 2.76. The predicted octanol–water partition coefficient (Wildman–Crippen LogP) is 0.590. The van der Waals surface area contributed by atoms with Gasteiger partial charge in [-0.2, -0.15) is 0 Å². The van der Waals surface area contributed by atoms with Crippen molar-refractivity contribution in [1.29, 1.82) is 0 Å². The number of carbonyl (C=O) groups is 1. The van der Waals surface area contributed by atoms with Crippen LogP contribution >= 0.6 is 0 Å². The van der Waals surface area contributed by atoms with E-state index in [4.69, 9.17) is 5.11 Å². The van der Waals surface area contributed by atoms with E-state index in [1.807, 2.05) is 0 Å². The number of hydrogen-bond donors (Lipinski definition) is 2. The minimum atomic E-state index is -1.01. The molecular weight excluding hydrogens is 158 g/mol. The van der Waals surface area contributed by atoms with E-state index < -0.39 is 12.1 Å². The molecule has 0 spiro atoms. The minimum absolute atomic E-state index is 0.274. The Morgan fingerprint density at radius 1 is 1.50 bits per heavy atom. The highest BCUT2D eigenvalue weighted by atomic mass is 16.4. The van der Waals surface area contributed by atoms with E-state index in [1.165, 1.54) is 12.4 Å². The second kappa shape index (κ2) is 3.82. The van der Waals surface area contributed by atoms with E-state index in [2.05, 4.69) is 4.98 Å².